The molecule has 0 amide bonds. The maximum Gasteiger partial charge on any atom is 0.108 e. The normalized spacial score (nSPS) is 25.5. The van der Waals surface area contributed by atoms with Crippen molar-refractivity contribution in [1.29, 1.82) is 0 Å². The Morgan fingerprint density at radius 3 is 2.75 bits per heavy atom. The summed E-state index contributed by atoms with van der Waals surface area (Å²) in [5.74, 6) is 1.11. The minimum atomic E-state index is 0.0650. The van der Waals surface area contributed by atoms with Crippen LogP contribution < -0.4 is 11.1 Å². The van der Waals surface area contributed by atoms with Crippen LogP contribution in [0, 0.1) is 5.41 Å². The van der Waals surface area contributed by atoms with Gasteiger partial charge in [-0.1, -0.05) is 41.9 Å². The molecule has 3 N–H and O–H groups in total. The van der Waals surface area contributed by atoms with E-state index in [-0.39, 0.29) is 5.41 Å². The first-order valence-corrected chi connectivity index (χ1v) is 10.5. The zero-order chi connectivity index (χ0) is 19.4. The van der Waals surface area contributed by atoms with Crippen LogP contribution in [0.5, 0.6) is 0 Å². The van der Waals surface area contributed by atoms with Crippen LogP contribution in [-0.4, -0.2) is 25.1 Å². The van der Waals surface area contributed by atoms with E-state index in [0.29, 0.717) is 25.8 Å². The number of halogens is 1. The zero-order valence-corrected chi connectivity index (χ0v) is 16.9. The van der Waals surface area contributed by atoms with Gasteiger partial charge in [0.25, 0.3) is 0 Å². The number of fused-ring (bicyclic) bond motifs is 1. The van der Waals surface area contributed by atoms with Gasteiger partial charge in [0.2, 0.25) is 0 Å². The lowest BCUT2D eigenvalue weighted by Crippen LogP contribution is -2.45. The van der Waals surface area contributed by atoms with Crippen LogP contribution in [-0.2, 0) is 17.7 Å². The third-order valence-electron chi connectivity index (χ3n) is 5.97. The van der Waals surface area contributed by atoms with E-state index < -0.39 is 0 Å². The van der Waals surface area contributed by atoms with Gasteiger partial charge in [-0.2, -0.15) is 0 Å². The number of rotatable bonds is 5. The summed E-state index contributed by atoms with van der Waals surface area (Å²) in [5.41, 5.74) is 9.36. The zero-order valence-electron chi connectivity index (χ0n) is 16.2. The molecule has 1 heterocycles. The van der Waals surface area contributed by atoms with Crippen LogP contribution in [0.3, 0.4) is 0 Å². The van der Waals surface area contributed by atoms with Crippen LogP contribution in [0.15, 0.2) is 53.5 Å². The molecule has 1 fully saturated rings. The van der Waals surface area contributed by atoms with E-state index in [1.54, 1.807) is 0 Å². The third-order valence-corrected chi connectivity index (χ3v) is 6.21. The second-order valence-corrected chi connectivity index (χ2v) is 8.33. The van der Waals surface area contributed by atoms with Gasteiger partial charge >= 0.3 is 0 Å². The molecule has 1 aliphatic carbocycles. The van der Waals surface area contributed by atoms with Crippen molar-refractivity contribution < 1.29 is 4.74 Å². The third kappa shape index (κ3) is 4.24. The molecule has 0 aromatic heterocycles. The number of amidine groups is 1. The van der Waals surface area contributed by atoms with Crippen LogP contribution in [0.25, 0.3) is 0 Å². The van der Waals surface area contributed by atoms with Gasteiger partial charge < -0.3 is 15.8 Å². The number of nitrogens with two attached hydrogens (primary N) is 1. The van der Waals surface area contributed by atoms with E-state index in [9.17, 15) is 0 Å². The van der Waals surface area contributed by atoms with E-state index in [0.717, 1.165) is 48.5 Å². The van der Waals surface area contributed by atoms with Crippen molar-refractivity contribution in [1.82, 2.24) is 0 Å². The first kappa shape index (κ1) is 19.4. The molecule has 4 nitrogen and oxygen atoms in total. The quantitative estimate of drug-likeness (QED) is 0.760. The first-order chi connectivity index (χ1) is 13.7. The largest absolute Gasteiger partial charge is 0.377 e. The maximum atomic E-state index is 6.15. The molecule has 1 spiro atoms. The maximum absolute atomic E-state index is 6.15. The fourth-order valence-electron chi connectivity index (χ4n) is 4.48. The van der Waals surface area contributed by atoms with Crippen molar-refractivity contribution in [3.63, 3.8) is 0 Å². The van der Waals surface area contributed by atoms with Crippen molar-refractivity contribution in [2.75, 3.05) is 18.5 Å². The number of nitrogens with zero attached hydrogens (tertiary/aromatic N) is 1. The topological polar surface area (TPSA) is 59.6 Å². The van der Waals surface area contributed by atoms with Gasteiger partial charge in [0.05, 0.1) is 19.3 Å². The summed E-state index contributed by atoms with van der Waals surface area (Å²) in [6.07, 6.45) is 5.63. The van der Waals surface area contributed by atoms with Gasteiger partial charge in [-0.25, -0.2) is 0 Å². The Kier molecular flexibility index (Phi) is 6.00. The predicted octanol–water partition coefficient (Wildman–Crippen LogP) is 4.81. The van der Waals surface area contributed by atoms with E-state index >= 15 is 0 Å². The minimum absolute atomic E-state index is 0.0650. The molecule has 0 bridgehead atoms. The van der Waals surface area contributed by atoms with Crippen LogP contribution in [0.4, 0.5) is 5.69 Å². The molecule has 2 aromatic carbocycles. The number of benzene rings is 2. The summed E-state index contributed by atoms with van der Waals surface area (Å²) >= 11 is 6.15. The number of ether oxygens (including phenoxy) is 1. The van der Waals surface area contributed by atoms with E-state index in [2.05, 4.69) is 35.6 Å². The monoisotopic (exact) mass is 397 g/mol. The van der Waals surface area contributed by atoms with Crippen LogP contribution in [0.2, 0.25) is 5.02 Å². The molecule has 148 valence electrons. The van der Waals surface area contributed by atoms with Gasteiger partial charge in [-0.05, 0) is 61.4 Å². The summed E-state index contributed by atoms with van der Waals surface area (Å²) in [4.78, 5) is 5.04. The van der Waals surface area contributed by atoms with E-state index in [1.165, 1.54) is 11.3 Å². The van der Waals surface area contributed by atoms with Crippen molar-refractivity contribution >= 4 is 23.1 Å². The summed E-state index contributed by atoms with van der Waals surface area (Å²) in [6.45, 7) is 1.87. The highest BCUT2D eigenvalue weighted by atomic mass is 35.5. The average molecular weight is 398 g/mol. The Morgan fingerprint density at radius 1 is 1.14 bits per heavy atom. The highest BCUT2D eigenvalue weighted by Crippen LogP contribution is 2.45. The number of aliphatic imine (C=N–C) groups is 1. The molecular formula is C23H28ClN3O. The standard InChI is InChI=1S/C23H28ClN3O/c24-19-6-3-4-17(14-19)16-26-22-23(10-8-20(9-11-23)28-13-12-25)15-18-5-1-2-7-21(18)27-22/h1-7,14,20H,8-13,15-16,25H2,(H,26,27). The highest BCUT2D eigenvalue weighted by molar-refractivity contribution is 6.30. The molecule has 4 rings (SSSR count). The summed E-state index contributed by atoms with van der Waals surface area (Å²) in [6, 6.07) is 16.5. The molecule has 0 unspecified atom stereocenters. The number of hydrogen-bond donors (Lipinski definition) is 2. The van der Waals surface area contributed by atoms with Crippen molar-refractivity contribution in [3.8, 4) is 0 Å². The second kappa shape index (κ2) is 8.64. The Hall–Kier alpha value is -1.88. The molecule has 0 saturated heterocycles. The number of para-hydroxylation sites is 1. The van der Waals surface area contributed by atoms with Gasteiger partial charge in [0, 0.05) is 22.7 Å². The summed E-state index contributed by atoms with van der Waals surface area (Å²) in [7, 11) is 0. The molecular weight excluding hydrogens is 370 g/mol. The molecule has 2 aromatic rings. The number of nitrogens with one attached hydrogen (secondary N) is 1. The lowest BCUT2D eigenvalue weighted by Gasteiger charge is -2.44. The molecule has 0 atom stereocenters. The van der Waals surface area contributed by atoms with Crippen molar-refractivity contribution in [2.24, 2.45) is 16.1 Å². The Labute approximate surface area is 172 Å². The molecule has 1 aliphatic heterocycles. The van der Waals surface area contributed by atoms with Crippen LogP contribution in [0.1, 0.15) is 36.8 Å². The summed E-state index contributed by atoms with van der Waals surface area (Å²) in [5, 5.41) is 4.41. The Balaban J connectivity index is 1.57. The molecule has 28 heavy (non-hydrogen) atoms. The summed E-state index contributed by atoms with van der Waals surface area (Å²) < 4.78 is 5.91. The van der Waals surface area contributed by atoms with Crippen molar-refractivity contribution in [2.45, 2.75) is 44.8 Å². The lowest BCUT2D eigenvalue weighted by molar-refractivity contribution is 0.0138. The number of anilines is 1. The number of hydrogen-bond acceptors (Lipinski definition) is 3. The predicted molar refractivity (Wildman–Crippen MR) is 116 cm³/mol. The van der Waals surface area contributed by atoms with Crippen molar-refractivity contribution in [3.05, 3.63) is 64.7 Å². The Bertz CT molecular complexity index is 843. The van der Waals surface area contributed by atoms with Gasteiger partial charge in [-0.3, -0.25) is 4.99 Å². The van der Waals surface area contributed by atoms with Gasteiger partial charge in [0.15, 0.2) is 0 Å². The minimum Gasteiger partial charge on any atom is -0.377 e. The molecule has 0 radical (unpaired) electrons. The molecule has 2 aliphatic rings. The Morgan fingerprint density at radius 2 is 1.96 bits per heavy atom. The first-order valence-electron chi connectivity index (χ1n) is 10.1. The molecule has 1 saturated carbocycles. The van der Waals surface area contributed by atoms with Gasteiger partial charge in [0.1, 0.15) is 5.84 Å². The average Bonchev–Trinajstić information content (AvgIpc) is 2.72. The fraction of sp³-hybridized carbons (Fsp3) is 0.435. The lowest BCUT2D eigenvalue weighted by atomic mass is 9.67. The highest BCUT2D eigenvalue weighted by Gasteiger charge is 2.43. The van der Waals surface area contributed by atoms with Crippen LogP contribution >= 0.6 is 11.6 Å². The second-order valence-electron chi connectivity index (χ2n) is 7.89. The molecule has 5 heteroatoms. The fourth-order valence-corrected chi connectivity index (χ4v) is 4.69. The van der Waals surface area contributed by atoms with E-state index in [4.69, 9.17) is 27.1 Å². The van der Waals surface area contributed by atoms with E-state index in [1.807, 2.05) is 18.2 Å². The SMILES string of the molecule is NCCOC1CCC2(CC1)Cc1ccccc1NC2=NCc1cccc(Cl)c1. The van der Waals surface area contributed by atoms with Gasteiger partial charge in [-0.15, -0.1) is 0 Å². The smallest absolute Gasteiger partial charge is 0.108 e.